The summed E-state index contributed by atoms with van der Waals surface area (Å²) in [6.07, 6.45) is 1.53. The molecule has 0 heterocycles. The standard InChI is InChI=1S/C12H19NO3S/c1-2-17(15,16)12-8-4-3-7-11(12)13-9-5-6-10-14/h3-4,7-8,13-14H,2,5-6,9-10H2,1H3. The lowest BCUT2D eigenvalue weighted by Crippen LogP contribution is -2.10. The molecule has 17 heavy (non-hydrogen) atoms. The smallest absolute Gasteiger partial charge is 0.180 e. The van der Waals surface area contributed by atoms with Crippen LogP contribution in [-0.2, 0) is 9.84 Å². The molecule has 1 rings (SSSR count). The fraction of sp³-hybridized carbons (Fsp3) is 0.500. The number of hydrogen-bond donors (Lipinski definition) is 2. The van der Waals surface area contributed by atoms with Crippen molar-refractivity contribution >= 4 is 15.5 Å². The van der Waals surface area contributed by atoms with E-state index < -0.39 is 9.84 Å². The second kappa shape index (κ2) is 6.61. The number of unbranched alkanes of at least 4 members (excludes halogenated alkanes) is 1. The summed E-state index contributed by atoms with van der Waals surface area (Å²) in [6, 6.07) is 6.92. The predicted octanol–water partition coefficient (Wildman–Crippen LogP) is 1.66. The molecule has 1 aromatic rings. The van der Waals surface area contributed by atoms with E-state index in [1.807, 2.05) is 6.07 Å². The first-order valence-corrected chi connectivity index (χ1v) is 7.43. The monoisotopic (exact) mass is 257 g/mol. The highest BCUT2D eigenvalue weighted by molar-refractivity contribution is 7.91. The number of nitrogens with one attached hydrogen (secondary N) is 1. The first-order chi connectivity index (χ1) is 8.11. The Bertz CT molecular complexity index is 443. The van der Waals surface area contributed by atoms with E-state index in [1.54, 1.807) is 25.1 Å². The molecular weight excluding hydrogens is 238 g/mol. The lowest BCUT2D eigenvalue weighted by molar-refractivity contribution is 0.286. The summed E-state index contributed by atoms with van der Waals surface area (Å²) in [5.74, 6) is 0.0995. The molecule has 0 radical (unpaired) electrons. The van der Waals surface area contributed by atoms with Gasteiger partial charge in [0.1, 0.15) is 0 Å². The fourth-order valence-electron chi connectivity index (χ4n) is 1.50. The zero-order chi connectivity index (χ0) is 12.7. The molecule has 0 aliphatic heterocycles. The summed E-state index contributed by atoms with van der Waals surface area (Å²) >= 11 is 0. The molecule has 1 aromatic carbocycles. The molecule has 0 aliphatic rings. The molecule has 0 spiro atoms. The third-order valence-electron chi connectivity index (χ3n) is 2.50. The van der Waals surface area contributed by atoms with E-state index in [9.17, 15) is 8.42 Å². The number of aliphatic hydroxyl groups excluding tert-OH is 1. The minimum absolute atomic E-state index is 0.0995. The van der Waals surface area contributed by atoms with E-state index in [0.29, 0.717) is 17.1 Å². The maximum atomic E-state index is 11.8. The minimum Gasteiger partial charge on any atom is -0.396 e. The number of para-hydroxylation sites is 1. The number of benzene rings is 1. The van der Waals surface area contributed by atoms with Crippen molar-refractivity contribution in [3.63, 3.8) is 0 Å². The third-order valence-corrected chi connectivity index (χ3v) is 4.29. The molecule has 0 aliphatic carbocycles. The van der Waals surface area contributed by atoms with Crippen molar-refractivity contribution in [3.8, 4) is 0 Å². The van der Waals surface area contributed by atoms with Gasteiger partial charge >= 0.3 is 0 Å². The third kappa shape index (κ3) is 4.02. The maximum absolute atomic E-state index is 11.8. The molecule has 0 aromatic heterocycles. The van der Waals surface area contributed by atoms with Gasteiger partial charge in [0.15, 0.2) is 9.84 Å². The molecule has 0 saturated carbocycles. The van der Waals surface area contributed by atoms with Gasteiger partial charge < -0.3 is 10.4 Å². The Balaban J connectivity index is 2.79. The second-order valence-corrected chi connectivity index (χ2v) is 6.00. The summed E-state index contributed by atoms with van der Waals surface area (Å²) in [7, 11) is -3.18. The van der Waals surface area contributed by atoms with Gasteiger partial charge in [0, 0.05) is 13.2 Å². The van der Waals surface area contributed by atoms with Crippen LogP contribution >= 0.6 is 0 Å². The first-order valence-electron chi connectivity index (χ1n) is 5.78. The van der Waals surface area contributed by atoms with Gasteiger partial charge in [0.2, 0.25) is 0 Å². The van der Waals surface area contributed by atoms with E-state index in [-0.39, 0.29) is 12.4 Å². The van der Waals surface area contributed by atoms with Crippen LogP contribution in [0.2, 0.25) is 0 Å². The first kappa shape index (κ1) is 14.0. The lowest BCUT2D eigenvalue weighted by Gasteiger charge is -2.11. The van der Waals surface area contributed by atoms with E-state index in [0.717, 1.165) is 12.8 Å². The van der Waals surface area contributed by atoms with Crippen LogP contribution in [0.3, 0.4) is 0 Å². The van der Waals surface area contributed by atoms with Crippen LogP contribution < -0.4 is 5.32 Å². The molecule has 0 saturated heterocycles. The average molecular weight is 257 g/mol. The van der Waals surface area contributed by atoms with Crippen LogP contribution in [0.4, 0.5) is 5.69 Å². The number of rotatable bonds is 7. The Labute approximate surface area is 103 Å². The molecule has 0 fully saturated rings. The van der Waals surface area contributed by atoms with Crippen LogP contribution in [0.15, 0.2) is 29.2 Å². The summed E-state index contributed by atoms with van der Waals surface area (Å²) in [5, 5.41) is 11.8. The quantitative estimate of drug-likeness (QED) is 0.729. The van der Waals surface area contributed by atoms with Crippen molar-refractivity contribution in [3.05, 3.63) is 24.3 Å². The molecule has 4 nitrogen and oxygen atoms in total. The van der Waals surface area contributed by atoms with Crippen molar-refractivity contribution < 1.29 is 13.5 Å². The molecule has 5 heteroatoms. The number of hydrogen-bond acceptors (Lipinski definition) is 4. The van der Waals surface area contributed by atoms with Gasteiger partial charge in [-0.05, 0) is 25.0 Å². The average Bonchev–Trinajstić information content (AvgIpc) is 2.35. The zero-order valence-electron chi connectivity index (χ0n) is 10.0. The van der Waals surface area contributed by atoms with Gasteiger partial charge in [0.25, 0.3) is 0 Å². The topological polar surface area (TPSA) is 66.4 Å². The highest BCUT2D eigenvalue weighted by Crippen LogP contribution is 2.21. The molecule has 96 valence electrons. The van der Waals surface area contributed by atoms with E-state index in [4.69, 9.17) is 5.11 Å². The van der Waals surface area contributed by atoms with Gasteiger partial charge in [-0.25, -0.2) is 8.42 Å². The predicted molar refractivity (Wildman–Crippen MR) is 69.0 cm³/mol. The largest absolute Gasteiger partial charge is 0.396 e. The van der Waals surface area contributed by atoms with Crippen LogP contribution in [-0.4, -0.2) is 32.4 Å². The molecule has 0 amide bonds. The van der Waals surface area contributed by atoms with Crippen LogP contribution in [0.5, 0.6) is 0 Å². The Morgan fingerprint density at radius 2 is 1.94 bits per heavy atom. The second-order valence-electron chi connectivity index (χ2n) is 3.76. The summed E-state index contributed by atoms with van der Waals surface area (Å²) < 4.78 is 23.7. The SMILES string of the molecule is CCS(=O)(=O)c1ccccc1NCCCCO. The summed E-state index contributed by atoms with van der Waals surface area (Å²) in [5.41, 5.74) is 0.646. The van der Waals surface area contributed by atoms with E-state index in [1.165, 1.54) is 0 Å². The van der Waals surface area contributed by atoms with E-state index >= 15 is 0 Å². The minimum atomic E-state index is -3.18. The van der Waals surface area contributed by atoms with Crippen LogP contribution in [0.1, 0.15) is 19.8 Å². The van der Waals surface area contributed by atoms with Crippen molar-refractivity contribution in [2.24, 2.45) is 0 Å². The molecule has 2 N–H and O–H groups in total. The van der Waals surface area contributed by atoms with Crippen molar-refractivity contribution in [2.75, 3.05) is 24.2 Å². The lowest BCUT2D eigenvalue weighted by atomic mass is 10.3. The van der Waals surface area contributed by atoms with E-state index in [2.05, 4.69) is 5.32 Å². The highest BCUT2D eigenvalue weighted by atomic mass is 32.2. The summed E-state index contributed by atoms with van der Waals surface area (Å²) in [4.78, 5) is 0.353. The van der Waals surface area contributed by atoms with Crippen molar-refractivity contribution in [1.82, 2.24) is 0 Å². The van der Waals surface area contributed by atoms with Gasteiger partial charge in [-0.2, -0.15) is 0 Å². The summed E-state index contributed by atoms with van der Waals surface area (Å²) in [6.45, 7) is 2.46. The maximum Gasteiger partial charge on any atom is 0.180 e. The van der Waals surface area contributed by atoms with Gasteiger partial charge in [0.05, 0.1) is 16.3 Å². The number of anilines is 1. The highest BCUT2D eigenvalue weighted by Gasteiger charge is 2.15. The fourth-order valence-corrected chi connectivity index (χ4v) is 2.57. The normalized spacial score (nSPS) is 11.4. The zero-order valence-corrected chi connectivity index (χ0v) is 10.8. The van der Waals surface area contributed by atoms with Crippen LogP contribution in [0, 0.1) is 0 Å². The Morgan fingerprint density at radius 3 is 2.59 bits per heavy atom. The van der Waals surface area contributed by atoms with Gasteiger partial charge in [-0.3, -0.25) is 0 Å². The van der Waals surface area contributed by atoms with Gasteiger partial charge in [-0.15, -0.1) is 0 Å². The molecule has 0 atom stereocenters. The Hall–Kier alpha value is -1.07. The Kier molecular flexibility index (Phi) is 5.44. The van der Waals surface area contributed by atoms with Gasteiger partial charge in [-0.1, -0.05) is 19.1 Å². The van der Waals surface area contributed by atoms with Crippen molar-refractivity contribution in [1.29, 1.82) is 0 Å². The van der Waals surface area contributed by atoms with Crippen LogP contribution in [0.25, 0.3) is 0 Å². The van der Waals surface area contributed by atoms with Crippen molar-refractivity contribution in [2.45, 2.75) is 24.7 Å². The Morgan fingerprint density at radius 1 is 1.24 bits per heavy atom. The molecule has 0 bridgehead atoms. The molecule has 0 unspecified atom stereocenters. The number of sulfone groups is 1. The molecular formula is C12H19NO3S. The number of aliphatic hydroxyl groups is 1.